The summed E-state index contributed by atoms with van der Waals surface area (Å²) >= 11 is 2.51. The Labute approximate surface area is 183 Å². The molecular formula is C22H24N2O4S2. The maximum absolute atomic E-state index is 12.6. The van der Waals surface area contributed by atoms with E-state index in [0.717, 1.165) is 65.0 Å². The van der Waals surface area contributed by atoms with Gasteiger partial charge in [-0.1, -0.05) is 0 Å². The Balaban J connectivity index is 1.80. The van der Waals surface area contributed by atoms with E-state index in [2.05, 4.69) is 0 Å². The average molecular weight is 445 g/mol. The fourth-order valence-corrected chi connectivity index (χ4v) is 6.69. The van der Waals surface area contributed by atoms with Gasteiger partial charge >= 0.3 is 5.97 Å². The number of carbonyl (C=O) groups is 3. The second kappa shape index (κ2) is 7.74. The second-order valence-corrected chi connectivity index (χ2v) is 10.1. The van der Waals surface area contributed by atoms with Crippen molar-refractivity contribution in [2.45, 2.75) is 59.4 Å². The highest BCUT2D eigenvalue weighted by atomic mass is 32.2. The molecule has 1 N–H and O–H groups in total. The molecule has 1 saturated heterocycles. The van der Waals surface area contributed by atoms with Crippen LogP contribution >= 0.6 is 23.1 Å². The van der Waals surface area contributed by atoms with Crippen LogP contribution in [0.25, 0.3) is 11.1 Å². The lowest BCUT2D eigenvalue weighted by Gasteiger charge is -2.16. The van der Waals surface area contributed by atoms with Crippen molar-refractivity contribution in [2.24, 2.45) is 0 Å². The number of aromatic carboxylic acids is 1. The normalized spacial score (nSPS) is 18.0. The standard InChI is InChI=1S/C22H24N2O4S2/c1-11(2)23-19(25)17(30-22(23)28)10-14-9-12(3)24(13(14)4)20-18(21(26)27)15-7-5-6-8-16(15)29-20/h9-11H,5-8H2,1-4H3,(H,26,27). The van der Waals surface area contributed by atoms with Crippen molar-refractivity contribution in [3.05, 3.63) is 43.9 Å². The van der Waals surface area contributed by atoms with Crippen LogP contribution in [0.4, 0.5) is 4.79 Å². The first-order valence-electron chi connectivity index (χ1n) is 10.0. The van der Waals surface area contributed by atoms with Gasteiger partial charge in [0.15, 0.2) is 0 Å². The molecule has 0 saturated carbocycles. The number of aryl methyl sites for hydroxylation is 2. The Morgan fingerprint density at radius 3 is 2.53 bits per heavy atom. The Bertz CT molecular complexity index is 1110. The van der Waals surface area contributed by atoms with Crippen LogP contribution in [0.5, 0.6) is 0 Å². The number of nitrogens with zero attached hydrogens (tertiary/aromatic N) is 2. The Hall–Kier alpha value is -2.32. The van der Waals surface area contributed by atoms with Gasteiger partial charge in [-0.05, 0) is 88.4 Å². The van der Waals surface area contributed by atoms with Crippen molar-refractivity contribution in [3.63, 3.8) is 0 Å². The van der Waals surface area contributed by atoms with Crippen LogP contribution in [0.1, 0.15) is 64.4 Å². The smallest absolute Gasteiger partial charge is 0.339 e. The van der Waals surface area contributed by atoms with Crippen molar-refractivity contribution < 1.29 is 19.5 Å². The molecule has 2 aliphatic rings. The van der Waals surface area contributed by atoms with E-state index >= 15 is 0 Å². The van der Waals surface area contributed by atoms with E-state index in [1.54, 1.807) is 17.4 Å². The molecule has 30 heavy (non-hydrogen) atoms. The number of hydrogen-bond acceptors (Lipinski definition) is 5. The molecule has 4 rings (SSSR count). The summed E-state index contributed by atoms with van der Waals surface area (Å²) in [4.78, 5) is 39.8. The van der Waals surface area contributed by atoms with Gasteiger partial charge in [0.2, 0.25) is 0 Å². The largest absolute Gasteiger partial charge is 0.478 e. The summed E-state index contributed by atoms with van der Waals surface area (Å²) in [6.45, 7) is 7.50. The van der Waals surface area contributed by atoms with Gasteiger partial charge in [-0.3, -0.25) is 14.5 Å². The number of carbonyl (C=O) groups excluding carboxylic acids is 2. The van der Waals surface area contributed by atoms with E-state index in [9.17, 15) is 19.5 Å². The fraction of sp³-hybridized carbons (Fsp3) is 0.409. The topological polar surface area (TPSA) is 79.6 Å². The summed E-state index contributed by atoms with van der Waals surface area (Å²) in [7, 11) is 0. The summed E-state index contributed by atoms with van der Waals surface area (Å²) < 4.78 is 1.98. The van der Waals surface area contributed by atoms with Crippen molar-refractivity contribution >= 4 is 46.3 Å². The molecule has 0 radical (unpaired) electrons. The molecule has 0 spiro atoms. The van der Waals surface area contributed by atoms with E-state index in [0.29, 0.717) is 10.5 Å². The summed E-state index contributed by atoms with van der Waals surface area (Å²) in [6.07, 6.45) is 5.59. The van der Waals surface area contributed by atoms with Gasteiger partial charge in [-0.15, -0.1) is 11.3 Å². The molecule has 3 heterocycles. The third-order valence-electron chi connectivity index (χ3n) is 5.67. The van der Waals surface area contributed by atoms with Crippen LogP contribution < -0.4 is 0 Å². The number of hydrogen-bond donors (Lipinski definition) is 1. The minimum absolute atomic E-state index is 0.189. The third-order valence-corrected chi connectivity index (χ3v) is 7.83. The zero-order chi connectivity index (χ0) is 21.7. The van der Waals surface area contributed by atoms with Gasteiger partial charge in [-0.2, -0.15) is 0 Å². The molecule has 1 fully saturated rings. The van der Waals surface area contributed by atoms with Crippen molar-refractivity contribution in [3.8, 4) is 5.00 Å². The number of amides is 2. The van der Waals surface area contributed by atoms with Crippen LogP contribution in [-0.4, -0.2) is 37.7 Å². The number of imide groups is 1. The van der Waals surface area contributed by atoms with Crippen LogP contribution in [-0.2, 0) is 17.6 Å². The van der Waals surface area contributed by atoms with Crippen LogP contribution in [0, 0.1) is 13.8 Å². The van der Waals surface area contributed by atoms with E-state index in [-0.39, 0.29) is 17.2 Å². The van der Waals surface area contributed by atoms with E-state index in [4.69, 9.17) is 0 Å². The van der Waals surface area contributed by atoms with Gasteiger partial charge in [0.25, 0.3) is 11.1 Å². The number of carboxylic acid groups (broad SMARTS) is 1. The predicted molar refractivity (Wildman–Crippen MR) is 120 cm³/mol. The Morgan fingerprint density at radius 2 is 1.90 bits per heavy atom. The Morgan fingerprint density at radius 1 is 1.20 bits per heavy atom. The van der Waals surface area contributed by atoms with Crippen molar-refractivity contribution in [2.75, 3.05) is 0 Å². The maximum Gasteiger partial charge on any atom is 0.339 e. The van der Waals surface area contributed by atoms with Crippen molar-refractivity contribution in [1.29, 1.82) is 0 Å². The molecule has 0 atom stereocenters. The van der Waals surface area contributed by atoms with Crippen molar-refractivity contribution in [1.82, 2.24) is 9.47 Å². The zero-order valence-electron chi connectivity index (χ0n) is 17.4. The first-order chi connectivity index (χ1) is 14.2. The molecule has 158 valence electrons. The number of fused-ring (bicyclic) bond motifs is 1. The first kappa shape index (κ1) is 20.9. The number of carboxylic acids is 1. The van der Waals surface area contributed by atoms with Crippen LogP contribution in [0.3, 0.4) is 0 Å². The molecule has 1 aliphatic heterocycles. The molecular weight excluding hydrogens is 420 g/mol. The van der Waals surface area contributed by atoms with Crippen LogP contribution in [0.15, 0.2) is 11.0 Å². The highest BCUT2D eigenvalue weighted by Crippen LogP contribution is 2.40. The third kappa shape index (κ3) is 3.32. The molecule has 0 bridgehead atoms. The number of aromatic nitrogens is 1. The Kier molecular flexibility index (Phi) is 5.40. The average Bonchev–Trinajstić information content (AvgIpc) is 3.26. The summed E-state index contributed by atoms with van der Waals surface area (Å²) in [5.41, 5.74) is 3.97. The number of rotatable bonds is 4. The molecule has 8 heteroatoms. The minimum Gasteiger partial charge on any atom is -0.478 e. The van der Waals surface area contributed by atoms with Gasteiger partial charge in [0, 0.05) is 22.3 Å². The summed E-state index contributed by atoms with van der Waals surface area (Å²) in [5.74, 6) is -1.17. The monoisotopic (exact) mass is 444 g/mol. The number of thioether (sulfide) groups is 1. The quantitative estimate of drug-likeness (QED) is 0.658. The molecule has 2 amide bonds. The molecule has 2 aromatic heterocycles. The van der Waals surface area contributed by atoms with E-state index < -0.39 is 5.97 Å². The maximum atomic E-state index is 12.6. The molecule has 6 nitrogen and oxygen atoms in total. The van der Waals surface area contributed by atoms with Crippen LogP contribution in [0.2, 0.25) is 0 Å². The molecule has 0 unspecified atom stereocenters. The lowest BCUT2D eigenvalue weighted by molar-refractivity contribution is -0.123. The summed E-state index contributed by atoms with van der Waals surface area (Å²) in [5, 5.41) is 10.4. The molecule has 1 aliphatic carbocycles. The summed E-state index contributed by atoms with van der Waals surface area (Å²) in [6, 6.07) is 1.76. The number of thiophene rings is 1. The predicted octanol–water partition coefficient (Wildman–Crippen LogP) is 5.18. The first-order valence-corrected chi connectivity index (χ1v) is 11.7. The molecule has 2 aromatic rings. The van der Waals surface area contributed by atoms with Gasteiger partial charge in [0.1, 0.15) is 5.00 Å². The lowest BCUT2D eigenvalue weighted by atomic mass is 9.95. The lowest BCUT2D eigenvalue weighted by Crippen LogP contribution is -2.34. The van der Waals surface area contributed by atoms with E-state index in [1.165, 1.54) is 9.78 Å². The molecule has 0 aromatic carbocycles. The second-order valence-electron chi connectivity index (χ2n) is 8.00. The van der Waals surface area contributed by atoms with Gasteiger partial charge < -0.3 is 9.67 Å². The van der Waals surface area contributed by atoms with E-state index in [1.807, 2.05) is 38.3 Å². The van der Waals surface area contributed by atoms with Gasteiger partial charge in [-0.25, -0.2) is 4.79 Å². The highest BCUT2D eigenvalue weighted by molar-refractivity contribution is 8.18. The minimum atomic E-state index is -0.892. The highest BCUT2D eigenvalue weighted by Gasteiger charge is 2.37. The SMILES string of the molecule is Cc1cc(C=C2SC(=O)N(C(C)C)C2=O)c(C)n1-c1sc2c(c1C(=O)O)CCCC2. The zero-order valence-corrected chi connectivity index (χ0v) is 19.1. The fourth-order valence-electron chi connectivity index (χ4n) is 4.24. The van der Waals surface area contributed by atoms with Gasteiger partial charge in [0.05, 0.1) is 10.5 Å².